The van der Waals surface area contributed by atoms with Crippen LogP contribution in [0.25, 0.3) is 0 Å². The molecule has 2 N–H and O–H groups in total. The number of benzene rings is 3. The third-order valence-corrected chi connectivity index (χ3v) is 9.42. The third kappa shape index (κ3) is 5.05. The zero-order valence-electron chi connectivity index (χ0n) is 22.4. The predicted octanol–water partition coefficient (Wildman–Crippen LogP) is 4.30. The van der Waals surface area contributed by atoms with Gasteiger partial charge in [-0.25, -0.2) is 4.79 Å². The van der Waals surface area contributed by atoms with Gasteiger partial charge in [0, 0.05) is 36.8 Å². The molecule has 0 bridgehead atoms. The van der Waals surface area contributed by atoms with E-state index in [9.17, 15) is 19.8 Å². The highest BCUT2D eigenvalue weighted by Gasteiger charge is 2.53. The molecule has 3 aromatic rings. The summed E-state index contributed by atoms with van der Waals surface area (Å²) in [6.45, 7) is 4.20. The van der Waals surface area contributed by atoms with Crippen LogP contribution in [0.2, 0.25) is 0 Å². The number of hydrogen-bond acceptors (Lipinski definition) is 7. The molecule has 1 unspecified atom stereocenters. The summed E-state index contributed by atoms with van der Waals surface area (Å²) >= 11 is 1.49. The fourth-order valence-corrected chi connectivity index (χ4v) is 7.31. The monoisotopic (exact) mass is 558 g/mol. The number of anilines is 2. The van der Waals surface area contributed by atoms with E-state index in [4.69, 9.17) is 0 Å². The smallest absolute Gasteiger partial charge is 0.335 e. The number of hydrogen-bond donors (Lipinski definition) is 2. The van der Waals surface area contributed by atoms with Gasteiger partial charge in [0.15, 0.2) is 5.56 Å². The summed E-state index contributed by atoms with van der Waals surface area (Å²) in [7, 11) is 0. The number of thioether (sulfide) groups is 1. The van der Waals surface area contributed by atoms with Gasteiger partial charge in [0.05, 0.1) is 17.9 Å². The van der Waals surface area contributed by atoms with Gasteiger partial charge < -0.3 is 29.8 Å². The number of aliphatic hydroxyl groups is 1. The Balaban J connectivity index is 1.13. The number of carboxylic acids is 1. The summed E-state index contributed by atoms with van der Waals surface area (Å²) in [6, 6.07) is 25.1. The van der Waals surface area contributed by atoms with Crippen molar-refractivity contribution in [2.75, 3.05) is 42.6 Å². The molecule has 1 atom stereocenters. The molecule has 3 aromatic carbocycles. The molecular formula is C31H34N4O4S. The Morgan fingerprint density at radius 3 is 2.48 bits per heavy atom. The molecule has 6 rings (SSSR count). The Labute approximate surface area is 238 Å². The van der Waals surface area contributed by atoms with E-state index in [1.54, 1.807) is 18.2 Å². The number of piperidine rings is 1. The summed E-state index contributed by atoms with van der Waals surface area (Å²) in [5, 5.41) is 19.9. The second-order valence-corrected chi connectivity index (χ2v) is 11.8. The lowest BCUT2D eigenvalue weighted by molar-refractivity contribution is -0.134. The van der Waals surface area contributed by atoms with Crippen LogP contribution in [0, 0.1) is 0 Å². The van der Waals surface area contributed by atoms with E-state index >= 15 is 0 Å². The molecule has 2 saturated heterocycles. The fourth-order valence-electron chi connectivity index (χ4n) is 6.28. The highest BCUT2D eigenvalue weighted by atomic mass is 32.2. The Morgan fingerprint density at radius 2 is 1.70 bits per heavy atom. The first-order valence-corrected chi connectivity index (χ1v) is 14.7. The van der Waals surface area contributed by atoms with E-state index in [0.29, 0.717) is 13.2 Å². The van der Waals surface area contributed by atoms with Crippen molar-refractivity contribution in [1.82, 2.24) is 9.80 Å². The van der Waals surface area contributed by atoms with Gasteiger partial charge >= 0.3 is 5.97 Å². The average molecular weight is 559 g/mol. The van der Waals surface area contributed by atoms with E-state index in [0.717, 1.165) is 67.3 Å². The maximum atomic E-state index is 14.0. The van der Waals surface area contributed by atoms with Crippen molar-refractivity contribution in [1.29, 1.82) is 0 Å². The predicted molar refractivity (Wildman–Crippen MR) is 156 cm³/mol. The molecule has 40 heavy (non-hydrogen) atoms. The second kappa shape index (κ2) is 11.2. The van der Waals surface area contributed by atoms with Gasteiger partial charge in [-0.05, 0) is 67.8 Å². The van der Waals surface area contributed by atoms with Gasteiger partial charge in [0.2, 0.25) is 5.91 Å². The van der Waals surface area contributed by atoms with Crippen LogP contribution in [-0.4, -0.2) is 75.8 Å². The minimum atomic E-state index is -0.966. The Hall–Kier alpha value is -3.53. The Bertz CT molecular complexity index is 1380. The maximum absolute atomic E-state index is 14.0. The number of amides is 1. The SMILES string of the molecule is O=C(O)c1cccc(CN2CN(c3ccccc3)C3(CCN(CCCN4c5ccccc5SC4O)CC3)C2=O)c1. The largest absolute Gasteiger partial charge is 0.478 e. The number of fused-ring (bicyclic) bond motifs is 1. The van der Waals surface area contributed by atoms with E-state index in [2.05, 4.69) is 39.0 Å². The summed E-state index contributed by atoms with van der Waals surface area (Å²) in [6.07, 6.45) is 2.40. The quantitative estimate of drug-likeness (QED) is 0.423. The first kappa shape index (κ1) is 26.7. The van der Waals surface area contributed by atoms with E-state index in [1.807, 2.05) is 41.3 Å². The zero-order valence-corrected chi connectivity index (χ0v) is 23.2. The van der Waals surface area contributed by atoms with Crippen LogP contribution in [0.3, 0.4) is 0 Å². The van der Waals surface area contributed by atoms with E-state index < -0.39 is 17.1 Å². The van der Waals surface area contributed by atoms with Crippen LogP contribution >= 0.6 is 11.8 Å². The summed E-state index contributed by atoms with van der Waals surface area (Å²) in [5.74, 6) is -0.850. The number of nitrogens with zero attached hydrogens (tertiary/aromatic N) is 4. The molecule has 1 amide bonds. The van der Waals surface area contributed by atoms with Crippen LogP contribution in [0.15, 0.2) is 83.8 Å². The standard InChI is InChI=1S/C31H34N4O4S/c36-28(37)24-9-6-8-23(20-24)21-33-22-35(25-10-2-1-3-11-25)31(29(33)38)14-18-32(19-15-31)16-7-17-34-26-12-4-5-13-27(26)40-30(34)39/h1-6,8-13,20,30,39H,7,14-19,21-22H2,(H,36,37). The van der Waals surface area contributed by atoms with Gasteiger partial charge in [-0.15, -0.1) is 0 Å². The van der Waals surface area contributed by atoms with Gasteiger partial charge in [-0.1, -0.05) is 54.2 Å². The number of rotatable bonds is 8. The van der Waals surface area contributed by atoms with Gasteiger partial charge in [-0.3, -0.25) is 4.79 Å². The van der Waals surface area contributed by atoms with Gasteiger partial charge in [0.25, 0.3) is 0 Å². The van der Waals surface area contributed by atoms with Crippen LogP contribution < -0.4 is 9.80 Å². The lowest BCUT2D eigenvalue weighted by atomic mass is 9.85. The van der Waals surface area contributed by atoms with Crippen LogP contribution in [-0.2, 0) is 11.3 Å². The Morgan fingerprint density at radius 1 is 0.950 bits per heavy atom. The van der Waals surface area contributed by atoms with Gasteiger partial charge in [0.1, 0.15) is 5.54 Å². The minimum absolute atomic E-state index is 0.116. The number of aliphatic hydroxyl groups excluding tert-OH is 1. The molecule has 0 aliphatic carbocycles. The molecule has 8 nitrogen and oxygen atoms in total. The van der Waals surface area contributed by atoms with Crippen molar-refractivity contribution < 1.29 is 19.8 Å². The number of carboxylic acid groups (broad SMARTS) is 1. The number of aromatic carboxylic acids is 1. The molecule has 3 aliphatic rings. The Kier molecular flexibility index (Phi) is 7.44. The molecule has 0 saturated carbocycles. The average Bonchev–Trinajstić information content (AvgIpc) is 3.43. The van der Waals surface area contributed by atoms with Crippen molar-refractivity contribution in [3.05, 3.63) is 90.0 Å². The molecule has 2 fully saturated rings. The minimum Gasteiger partial charge on any atom is -0.478 e. The molecule has 3 heterocycles. The fraction of sp³-hybridized carbons (Fsp3) is 0.355. The maximum Gasteiger partial charge on any atom is 0.335 e. The van der Waals surface area contributed by atoms with E-state index in [-0.39, 0.29) is 11.5 Å². The third-order valence-electron chi connectivity index (χ3n) is 8.36. The van der Waals surface area contributed by atoms with Crippen LogP contribution in [0.4, 0.5) is 11.4 Å². The number of para-hydroxylation sites is 2. The lowest BCUT2D eigenvalue weighted by Gasteiger charge is -2.43. The number of carbonyl (C=O) groups excluding carboxylic acids is 1. The molecule has 208 valence electrons. The summed E-state index contributed by atoms with van der Waals surface area (Å²) < 4.78 is 0. The molecule has 3 aliphatic heterocycles. The highest BCUT2D eigenvalue weighted by molar-refractivity contribution is 8.00. The lowest BCUT2D eigenvalue weighted by Crippen LogP contribution is -2.56. The molecular weight excluding hydrogens is 524 g/mol. The van der Waals surface area contributed by atoms with Gasteiger partial charge in [-0.2, -0.15) is 0 Å². The first-order valence-electron chi connectivity index (χ1n) is 13.8. The van der Waals surface area contributed by atoms with Crippen molar-refractivity contribution in [3.63, 3.8) is 0 Å². The molecule has 1 spiro atoms. The van der Waals surface area contributed by atoms with Crippen molar-refractivity contribution in [2.24, 2.45) is 0 Å². The molecule has 9 heteroatoms. The molecule has 0 aromatic heterocycles. The summed E-state index contributed by atoms with van der Waals surface area (Å²) in [4.78, 5) is 35.3. The zero-order chi connectivity index (χ0) is 27.7. The van der Waals surface area contributed by atoms with E-state index in [1.165, 1.54) is 11.8 Å². The molecule has 0 radical (unpaired) electrons. The van der Waals surface area contributed by atoms with Crippen molar-refractivity contribution >= 4 is 35.0 Å². The number of likely N-dealkylation sites (tertiary alicyclic amines) is 1. The first-order chi connectivity index (χ1) is 19.4. The second-order valence-electron chi connectivity index (χ2n) is 10.7. The normalized spacial score (nSPS) is 20.4. The highest BCUT2D eigenvalue weighted by Crippen LogP contribution is 2.42. The van der Waals surface area contributed by atoms with Crippen LogP contribution in [0.5, 0.6) is 0 Å². The van der Waals surface area contributed by atoms with Crippen molar-refractivity contribution in [2.45, 2.75) is 41.8 Å². The van der Waals surface area contributed by atoms with Crippen LogP contribution in [0.1, 0.15) is 35.2 Å². The summed E-state index contributed by atoms with van der Waals surface area (Å²) in [5.41, 5.74) is 2.03. The topological polar surface area (TPSA) is 87.6 Å². The van der Waals surface area contributed by atoms with Crippen molar-refractivity contribution in [3.8, 4) is 0 Å². The number of carbonyl (C=O) groups is 2.